The number of hydrogen-bond acceptors (Lipinski definition) is 4. The zero-order chi connectivity index (χ0) is 18.2. The van der Waals surface area contributed by atoms with Gasteiger partial charge in [0.2, 0.25) is 0 Å². The van der Waals surface area contributed by atoms with Gasteiger partial charge in [-0.15, -0.1) is 0 Å². The van der Waals surface area contributed by atoms with E-state index >= 15 is 0 Å². The molecule has 25 heavy (non-hydrogen) atoms. The van der Waals surface area contributed by atoms with Gasteiger partial charge in [0.25, 0.3) is 0 Å². The van der Waals surface area contributed by atoms with Crippen LogP contribution in [0.25, 0.3) is 0 Å². The van der Waals surface area contributed by atoms with Gasteiger partial charge in [-0.2, -0.15) is 0 Å². The van der Waals surface area contributed by atoms with Gasteiger partial charge >= 0.3 is 0 Å². The number of nitrogens with one attached hydrogen (secondary N) is 2. The molecular formula is C19H34N4O2. The van der Waals surface area contributed by atoms with Crippen molar-refractivity contribution in [2.45, 2.75) is 46.7 Å². The van der Waals surface area contributed by atoms with Crippen molar-refractivity contribution in [3.8, 4) is 0 Å². The average Bonchev–Trinajstić information content (AvgIpc) is 2.91. The highest BCUT2D eigenvalue weighted by atomic mass is 16.5. The Kier molecular flexibility index (Phi) is 7.78. The quantitative estimate of drug-likeness (QED) is 0.584. The molecule has 1 atom stereocenters. The summed E-state index contributed by atoms with van der Waals surface area (Å²) in [5.74, 6) is 3.41. The molecule has 142 valence electrons. The van der Waals surface area contributed by atoms with Gasteiger partial charge < -0.3 is 19.8 Å². The summed E-state index contributed by atoms with van der Waals surface area (Å²) in [5.41, 5.74) is 1.17. The zero-order valence-electron chi connectivity index (χ0n) is 16.4. The molecule has 1 aliphatic heterocycles. The Bertz CT molecular complexity index is 548. The fourth-order valence-electron chi connectivity index (χ4n) is 3.32. The van der Waals surface area contributed by atoms with Crippen LogP contribution in [0.1, 0.15) is 37.4 Å². The van der Waals surface area contributed by atoms with E-state index in [0.717, 1.165) is 56.9 Å². The third-order valence-electron chi connectivity index (χ3n) is 4.62. The predicted octanol–water partition coefficient (Wildman–Crippen LogP) is 2.31. The molecule has 0 saturated carbocycles. The third kappa shape index (κ3) is 6.36. The molecule has 0 aliphatic carbocycles. The largest absolute Gasteiger partial charge is 0.466 e. The Hall–Kier alpha value is -1.53. The predicted molar refractivity (Wildman–Crippen MR) is 102 cm³/mol. The van der Waals surface area contributed by atoms with Crippen LogP contribution < -0.4 is 10.6 Å². The van der Waals surface area contributed by atoms with Gasteiger partial charge in [0.15, 0.2) is 5.96 Å². The summed E-state index contributed by atoms with van der Waals surface area (Å²) in [6.07, 6.45) is 1.17. The number of hydrogen-bond donors (Lipinski definition) is 2. The highest BCUT2D eigenvalue weighted by Crippen LogP contribution is 2.14. The van der Waals surface area contributed by atoms with Crippen LogP contribution >= 0.6 is 0 Å². The molecule has 2 rings (SSSR count). The smallest absolute Gasteiger partial charge is 0.191 e. The summed E-state index contributed by atoms with van der Waals surface area (Å²) in [6.45, 7) is 13.8. The molecule has 0 aromatic carbocycles. The van der Waals surface area contributed by atoms with E-state index in [2.05, 4.69) is 40.4 Å². The second kappa shape index (κ2) is 9.82. The Labute approximate surface area is 152 Å². The average molecular weight is 351 g/mol. The molecule has 0 amide bonds. The number of guanidine groups is 1. The maximum absolute atomic E-state index is 5.58. The minimum Gasteiger partial charge on any atom is -0.466 e. The highest BCUT2D eigenvalue weighted by Gasteiger charge is 2.22. The van der Waals surface area contributed by atoms with Crippen molar-refractivity contribution >= 4 is 5.96 Å². The van der Waals surface area contributed by atoms with Crippen molar-refractivity contribution in [3.05, 3.63) is 23.2 Å². The Morgan fingerprint density at radius 3 is 2.52 bits per heavy atom. The minimum absolute atomic E-state index is 0.500. The van der Waals surface area contributed by atoms with Gasteiger partial charge in [0, 0.05) is 44.8 Å². The van der Waals surface area contributed by atoms with E-state index in [0.29, 0.717) is 12.0 Å². The first-order valence-corrected chi connectivity index (χ1v) is 9.31. The topological polar surface area (TPSA) is 62.0 Å². The molecule has 1 unspecified atom stereocenters. The molecule has 1 aromatic heterocycles. The standard InChI is InChI=1S/C19H34N4O2/c1-14(2)10-18(23-6-8-24-9-7-23)13-22-19(20-5)21-12-17-11-15(3)25-16(17)4/h11,14,18H,6-10,12-13H2,1-5H3,(H2,20,21,22). The van der Waals surface area contributed by atoms with Gasteiger partial charge in [-0.05, 0) is 32.3 Å². The van der Waals surface area contributed by atoms with Gasteiger partial charge in [-0.25, -0.2) is 0 Å². The first kappa shape index (κ1) is 19.8. The molecule has 1 aliphatic rings. The number of furan rings is 1. The van der Waals surface area contributed by atoms with Crippen LogP contribution in [0.2, 0.25) is 0 Å². The fraction of sp³-hybridized carbons (Fsp3) is 0.737. The lowest BCUT2D eigenvalue weighted by Crippen LogP contribution is -2.50. The number of aryl methyl sites for hydroxylation is 2. The molecule has 0 spiro atoms. The number of morpholine rings is 1. The number of nitrogens with zero attached hydrogens (tertiary/aromatic N) is 2. The molecule has 0 bridgehead atoms. The SMILES string of the molecule is CN=C(NCc1cc(C)oc1C)NCC(CC(C)C)N1CCOCC1. The van der Waals surface area contributed by atoms with Gasteiger partial charge in [0.1, 0.15) is 11.5 Å². The van der Waals surface area contributed by atoms with E-state index in [1.807, 2.05) is 20.9 Å². The molecule has 6 nitrogen and oxygen atoms in total. The molecule has 1 saturated heterocycles. The molecule has 0 radical (unpaired) electrons. The van der Waals surface area contributed by atoms with Crippen molar-refractivity contribution in [2.75, 3.05) is 39.9 Å². The summed E-state index contributed by atoms with van der Waals surface area (Å²) >= 11 is 0. The first-order chi connectivity index (χ1) is 12.0. The second-order valence-corrected chi connectivity index (χ2v) is 7.18. The van der Waals surface area contributed by atoms with Crippen LogP contribution in [0.3, 0.4) is 0 Å². The van der Waals surface area contributed by atoms with Gasteiger partial charge in [-0.3, -0.25) is 9.89 Å². The summed E-state index contributed by atoms with van der Waals surface area (Å²) in [5, 5.41) is 6.88. The lowest BCUT2D eigenvalue weighted by atomic mass is 10.0. The van der Waals surface area contributed by atoms with Crippen LogP contribution in [-0.2, 0) is 11.3 Å². The Morgan fingerprint density at radius 2 is 1.96 bits per heavy atom. The highest BCUT2D eigenvalue weighted by molar-refractivity contribution is 5.79. The Balaban J connectivity index is 1.86. The molecule has 1 fully saturated rings. The monoisotopic (exact) mass is 350 g/mol. The van der Waals surface area contributed by atoms with E-state index in [-0.39, 0.29) is 0 Å². The van der Waals surface area contributed by atoms with Crippen LogP contribution in [0.5, 0.6) is 0 Å². The normalized spacial score (nSPS) is 17.8. The van der Waals surface area contributed by atoms with Crippen LogP contribution in [0.4, 0.5) is 0 Å². The van der Waals surface area contributed by atoms with Gasteiger partial charge in [0.05, 0.1) is 13.2 Å². The molecule has 2 heterocycles. The van der Waals surface area contributed by atoms with Crippen LogP contribution in [0.15, 0.2) is 15.5 Å². The number of aliphatic imine (C=N–C) groups is 1. The second-order valence-electron chi connectivity index (χ2n) is 7.18. The van der Waals surface area contributed by atoms with Crippen molar-refractivity contribution in [2.24, 2.45) is 10.9 Å². The fourth-order valence-corrected chi connectivity index (χ4v) is 3.32. The molecular weight excluding hydrogens is 316 g/mol. The van der Waals surface area contributed by atoms with Gasteiger partial charge in [-0.1, -0.05) is 13.8 Å². The summed E-state index contributed by atoms with van der Waals surface area (Å²) in [7, 11) is 1.81. The van der Waals surface area contributed by atoms with E-state index in [9.17, 15) is 0 Å². The minimum atomic E-state index is 0.500. The van der Waals surface area contributed by atoms with Crippen molar-refractivity contribution in [1.29, 1.82) is 0 Å². The van der Waals surface area contributed by atoms with E-state index in [1.54, 1.807) is 0 Å². The third-order valence-corrected chi connectivity index (χ3v) is 4.62. The Morgan fingerprint density at radius 1 is 1.24 bits per heavy atom. The maximum atomic E-state index is 5.58. The maximum Gasteiger partial charge on any atom is 0.191 e. The first-order valence-electron chi connectivity index (χ1n) is 9.31. The summed E-state index contributed by atoms with van der Waals surface area (Å²) in [4.78, 5) is 6.89. The lowest BCUT2D eigenvalue weighted by molar-refractivity contribution is 0.0132. The molecule has 1 aromatic rings. The molecule has 2 N–H and O–H groups in total. The van der Waals surface area contributed by atoms with E-state index < -0.39 is 0 Å². The van der Waals surface area contributed by atoms with Crippen LogP contribution in [-0.4, -0.2) is 56.8 Å². The van der Waals surface area contributed by atoms with Crippen LogP contribution in [0, 0.1) is 19.8 Å². The van der Waals surface area contributed by atoms with E-state index in [1.165, 1.54) is 12.0 Å². The molecule has 6 heteroatoms. The number of ether oxygens (including phenoxy) is 1. The van der Waals surface area contributed by atoms with Crippen molar-refractivity contribution in [1.82, 2.24) is 15.5 Å². The van der Waals surface area contributed by atoms with Crippen molar-refractivity contribution in [3.63, 3.8) is 0 Å². The zero-order valence-corrected chi connectivity index (χ0v) is 16.4. The lowest BCUT2D eigenvalue weighted by Gasteiger charge is -2.35. The number of rotatable bonds is 7. The summed E-state index contributed by atoms with van der Waals surface area (Å²) < 4.78 is 11.1. The van der Waals surface area contributed by atoms with Crippen molar-refractivity contribution < 1.29 is 9.15 Å². The summed E-state index contributed by atoms with van der Waals surface area (Å²) in [6, 6.07) is 2.57. The van der Waals surface area contributed by atoms with E-state index in [4.69, 9.17) is 9.15 Å².